The molecule has 1 aromatic rings. The average Bonchev–Trinajstić information content (AvgIpc) is 2.92. The van der Waals surface area contributed by atoms with E-state index in [2.05, 4.69) is 10.6 Å². The first-order chi connectivity index (χ1) is 9.69. The van der Waals surface area contributed by atoms with Crippen LogP contribution in [0.25, 0.3) is 0 Å². The molecule has 0 saturated heterocycles. The molecule has 2 amide bonds. The lowest BCUT2D eigenvalue weighted by Crippen LogP contribution is -2.41. The zero-order valence-corrected chi connectivity index (χ0v) is 12.3. The normalized spacial score (nSPS) is 16.7. The molecule has 1 aliphatic rings. The predicted octanol–water partition coefficient (Wildman–Crippen LogP) is 3.39. The van der Waals surface area contributed by atoms with Crippen LogP contribution in [-0.4, -0.2) is 18.7 Å². The van der Waals surface area contributed by atoms with Crippen molar-refractivity contribution in [3.63, 3.8) is 0 Å². The van der Waals surface area contributed by atoms with Crippen LogP contribution in [0.15, 0.2) is 24.3 Å². The Bertz CT molecular complexity index is 425. The maximum atomic E-state index is 11.9. The number of benzene rings is 1. The molecule has 4 nitrogen and oxygen atoms in total. The molecule has 1 atom stereocenters. The number of amides is 2. The summed E-state index contributed by atoms with van der Waals surface area (Å²) in [5.41, 5.74) is 1.08. The summed E-state index contributed by atoms with van der Waals surface area (Å²) >= 11 is 0. The van der Waals surface area contributed by atoms with Gasteiger partial charge in [0.2, 0.25) is 0 Å². The van der Waals surface area contributed by atoms with Crippen molar-refractivity contribution in [2.24, 2.45) is 0 Å². The highest BCUT2D eigenvalue weighted by Gasteiger charge is 2.18. The van der Waals surface area contributed by atoms with Gasteiger partial charge in [0.1, 0.15) is 5.75 Å². The minimum absolute atomic E-state index is 0.00733. The molecule has 2 rings (SSSR count). The van der Waals surface area contributed by atoms with Gasteiger partial charge in [-0.05, 0) is 44.4 Å². The molecule has 0 aliphatic heterocycles. The van der Waals surface area contributed by atoms with Crippen molar-refractivity contribution in [3.8, 4) is 5.75 Å². The molecule has 0 heterocycles. The lowest BCUT2D eigenvalue weighted by atomic mass is 10.1. The number of urea groups is 1. The summed E-state index contributed by atoms with van der Waals surface area (Å²) in [7, 11) is 0. The molecule has 0 bridgehead atoms. The fourth-order valence-corrected chi connectivity index (χ4v) is 2.60. The van der Waals surface area contributed by atoms with Crippen molar-refractivity contribution >= 4 is 6.03 Å². The summed E-state index contributed by atoms with van der Waals surface area (Å²) < 4.78 is 5.41. The van der Waals surface area contributed by atoms with Crippen LogP contribution in [0.4, 0.5) is 4.79 Å². The van der Waals surface area contributed by atoms with Gasteiger partial charge in [0.25, 0.3) is 0 Å². The number of rotatable bonds is 5. The van der Waals surface area contributed by atoms with Gasteiger partial charge >= 0.3 is 6.03 Å². The summed E-state index contributed by atoms with van der Waals surface area (Å²) in [6.07, 6.45) is 4.65. The first-order valence-corrected chi connectivity index (χ1v) is 7.49. The van der Waals surface area contributed by atoms with E-state index in [-0.39, 0.29) is 12.1 Å². The molecular weight excluding hydrogens is 252 g/mol. The second kappa shape index (κ2) is 7.17. The minimum atomic E-state index is -0.0710. The largest absolute Gasteiger partial charge is 0.494 e. The summed E-state index contributed by atoms with van der Waals surface area (Å²) in [5.74, 6) is 0.860. The fourth-order valence-electron chi connectivity index (χ4n) is 2.60. The van der Waals surface area contributed by atoms with Crippen molar-refractivity contribution in [2.75, 3.05) is 6.61 Å². The van der Waals surface area contributed by atoms with Crippen LogP contribution in [0.3, 0.4) is 0 Å². The monoisotopic (exact) mass is 276 g/mol. The Balaban J connectivity index is 1.83. The van der Waals surface area contributed by atoms with E-state index >= 15 is 0 Å². The topological polar surface area (TPSA) is 50.4 Å². The highest BCUT2D eigenvalue weighted by molar-refractivity contribution is 5.74. The molecule has 0 unspecified atom stereocenters. The molecule has 1 aromatic carbocycles. The van der Waals surface area contributed by atoms with E-state index in [1.807, 2.05) is 38.1 Å². The molecule has 0 aromatic heterocycles. The third kappa shape index (κ3) is 4.15. The first-order valence-electron chi connectivity index (χ1n) is 7.49. The number of carbonyl (C=O) groups is 1. The third-order valence-electron chi connectivity index (χ3n) is 3.73. The van der Waals surface area contributed by atoms with Gasteiger partial charge in [0.15, 0.2) is 0 Å². The zero-order chi connectivity index (χ0) is 14.4. The first kappa shape index (κ1) is 14.7. The van der Waals surface area contributed by atoms with Crippen LogP contribution in [0, 0.1) is 0 Å². The smallest absolute Gasteiger partial charge is 0.315 e. The zero-order valence-electron chi connectivity index (χ0n) is 12.3. The molecular formula is C16H24N2O2. The Kier molecular flexibility index (Phi) is 5.27. The Morgan fingerprint density at radius 1 is 1.30 bits per heavy atom. The Labute approximate surface area is 120 Å². The van der Waals surface area contributed by atoms with Gasteiger partial charge in [0, 0.05) is 6.04 Å². The fraction of sp³-hybridized carbons (Fsp3) is 0.562. The quantitative estimate of drug-likeness (QED) is 0.866. The average molecular weight is 276 g/mol. The molecule has 0 spiro atoms. The Morgan fingerprint density at radius 2 is 1.95 bits per heavy atom. The highest BCUT2D eigenvalue weighted by atomic mass is 16.5. The second-order valence-electron chi connectivity index (χ2n) is 5.32. The van der Waals surface area contributed by atoms with E-state index in [0.29, 0.717) is 12.6 Å². The van der Waals surface area contributed by atoms with E-state index < -0.39 is 0 Å². The SMILES string of the molecule is CCOc1ccc([C@H](C)NC(=O)NC2CCCC2)cc1. The van der Waals surface area contributed by atoms with Crippen molar-refractivity contribution in [3.05, 3.63) is 29.8 Å². The minimum Gasteiger partial charge on any atom is -0.494 e. The summed E-state index contributed by atoms with van der Waals surface area (Å²) in [6.45, 7) is 4.62. The van der Waals surface area contributed by atoms with Crippen LogP contribution in [-0.2, 0) is 0 Å². The number of ether oxygens (including phenoxy) is 1. The van der Waals surface area contributed by atoms with E-state index in [1.165, 1.54) is 12.8 Å². The number of hydrogen-bond acceptors (Lipinski definition) is 2. The van der Waals surface area contributed by atoms with Gasteiger partial charge in [0.05, 0.1) is 12.6 Å². The van der Waals surface area contributed by atoms with Crippen LogP contribution < -0.4 is 15.4 Å². The summed E-state index contributed by atoms with van der Waals surface area (Å²) in [5, 5.41) is 6.02. The van der Waals surface area contributed by atoms with Crippen molar-refractivity contribution in [1.29, 1.82) is 0 Å². The second-order valence-corrected chi connectivity index (χ2v) is 5.32. The number of nitrogens with one attached hydrogen (secondary N) is 2. The van der Waals surface area contributed by atoms with Crippen LogP contribution in [0.5, 0.6) is 5.75 Å². The molecule has 1 aliphatic carbocycles. The number of hydrogen-bond donors (Lipinski definition) is 2. The maximum absolute atomic E-state index is 11.9. The lowest BCUT2D eigenvalue weighted by Gasteiger charge is -2.18. The molecule has 1 fully saturated rings. The van der Waals surface area contributed by atoms with Crippen molar-refractivity contribution < 1.29 is 9.53 Å². The molecule has 110 valence electrons. The van der Waals surface area contributed by atoms with Gasteiger partial charge in [-0.25, -0.2) is 4.79 Å². The standard InChI is InChI=1S/C16H24N2O2/c1-3-20-15-10-8-13(9-11-15)12(2)17-16(19)18-14-6-4-5-7-14/h8-12,14H,3-7H2,1-2H3,(H2,17,18,19)/t12-/m0/s1. The molecule has 2 N–H and O–H groups in total. The van der Waals surface area contributed by atoms with Gasteiger partial charge in [-0.15, -0.1) is 0 Å². The lowest BCUT2D eigenvalue weighted by molar-refractivity contribution is 0.234. The van der Waals surface area contributed by atoms with Crippen LogP contribution in [0.2, 0.25) is 0 Å². The third-order valence-corrected chi connectivity index (χ3v) is 3.73. The van der Waals surface area contributed by atoms with Gasteiger partial charge in [-0.3, -0.25) is 0 Å². The van der Waals surface area contributed by atoms with Crippen molar-refractivity contribution in [1.82, 2.24) is 10.6 Å². The van der Waals surface area contributed by atoms with Gasteiger partial charge < -0.3 is 15.4 Å². The van der Waals surface area contributed by atoms with Crippen LogP contribution >= 0.6 is 0 Å². The molecule has 0 radical (unpaired) electrons. The molecule has 1 saturated carbocycles. The van der Waals surface area contributed by atoms with Crippen molar-refractivity contribution in [2.45, 2.75) is 51.6 Å². The Hall–Kier alpha value is -1.71. The van der Waals surface area contributed by atoms with E-state index in [4.69, 9.17) is 4.74 Å². The summed E-state index contributed by atoms with van der Waals surface area (Å²) in [4.78, 5) is 11.9. The van der Waals surface area contributed by atoms with E-state index in [1.54, 1.807) is 0 Å². The molecule has 20 heavy (non-hydrogen) atoms. The maximum Gasteiger partial charge on any atom is 0.315 e. The van der Waals surface area contributed by atoms with Gasteiger partial charge in [-0.1, -0.05) is 25.0 Å². The Morgan fingerprint density at radius 3 is 2.55 bits per heavy atom. The van der Waals surface area contributed by atoms with Gasteiger partial charge in [-0.2, -0.15) is 0 Å². The van der Waals surface area contributed by atoms with E-state index in [0.717, 1.165) is 24.2 Å². The highest BCUT2D eigenvalue weighted by Crippen LogP contribution is 2.19. The number of carbonyl (C=O) groups excluding carboxylic acids is 1. The predicted molar refractivity (Wildman–Crippen MR) is 79.9 cm³/mol. The molecule has 4 heteroatoms. The summed E-state index contributed by atoms with van der Waals surface area (Å²) in [6, 6.07) is 8.13. The van der Waals surface area contributed by atoms with E-state index in [9.17, 15) is 4.79 Å². The van der Waals surface area contributed by atoms with Crippen LogP contribution in [0.1, 0.15) is 51.1 Å².